The lowest BCUT2D eigenvalue weighted by molar-refractivity contribution is 0.151. The molecule has 0 fully saturated rings. The molecule has 0 amide bonds. The van der Waals surface area contributed by atoms with E-state index in [2.05, 4.69) is 14.9 Å². The van der Waals surface area contributed by atoms with Crippen LogP contribution in [0.15, 0.2) is 6.20 Å². The van der Waals surface area contributed by atoms with Gasteiger partial charge in [-0.3, -0.25) is 14.4 Å². The molecule has 9 heteroatoms. The molecule has 1 aromatic heterocycles. The number of halogens is 1. The summed E-state index contributed by atoms with van der Waals surface area (Å²) < 4.78 is 14.1. The number of nitrogens with zero attached hydrogens (tertiary/aromatic N) is 3. The van der Waals surface area contributed by atoms with Crippen LogP contribution in [0.1, 0.15) is 0 Å². The zero-order valence-corrected chi connectivity index (χ0v) is 6.61. The molecule has 1 aromatic rings. The molecule has 11 heavy (non-hydrogen) atoms. The topological polar surface area (TPSA) is 97.5 Å². The third-order valence-electron chi connectivity index (χ3n) is 0.664. The average molecular weight is 199 g/mol. The van der Waals surface area contributed by atoms with E-state index in [-0.39, 0.29) is 5.15 Å². The SMILES string of the molecule is O=P(O)(O)On1nncc1Cl. The summed E-state index contributed by atoms with van der Waals surface area (Å²) >= 11 is 5.32. The summed E-state index contributed by atoms with van der Waals surface area (Å²) in [5.74, 6) is 0. The Labute approximate surface area is 65.7 Å². The van der Waals surface area contributed by atoms with Crippen molar-refractivity contribution >= 4 is 19.4 Å². The Morgan fingerprint density at radius 2 is 2.36 bits per heavy atom. The quantitative estimate of drug-likeness (QED) is 0.621. The van der Waals surface area contributed by atoms with E-state index in [0.29, 0.717) is 4.85 Å². The van der Waals surface area contributed by atoms with Gasteiger partial charge in [0, 0.05) is 0 Å². The Morgan fingerprint density at radius 3 is 2.73 bits per heavy atom. The van der Waals surface area contributed by atoms with Gasteiger partial charge < -0.3 is 0 Å². The normalized spacial score (nSPS) is 11.5. The smallest absolute Gasteiger partial charge is 0.292 e. The van der Waals surface area contributed by atoms with Crippen molar-refractivity contribution in [3.05, 3.63) is 11.3 Å². The van der Waals surface area contributed by atoms with Gasteiger partial charge in [-0.05, 0) is 5.21 Å². The van der Waals surface area contributed by atoms with Crippen LogP contribution in [0.2, 0.25) is 5.15 Å². The fourth-order valence-corrected chi connectivity index (χ4v) is 0.851. The maximum atomic E-state index is 10.2. The minimum atomic E-state index is -4.61. The van der Waals surface area contributed by atoms with Crippen LogP contribution < -0.4 is 4.62 Å². The second-order valence-electron chi connectivity index (χ2n) is 1.50. The highest BCUT2D eigenvalue weighted by Gasteiger charge is 2.18. The molecule has 62 valence electrons. The van der Waals surface area contributed by atoms with Crippen LogP contribution in [0.5, 0.6) is 0 Å². The van der Waals surface area contributed by atoms with Gasteiger partial charge in [-0.15, -0.1) is 5.10 Å². The summed E-state index contributed by atoms with van der Waals surface area (Å²) in [7, 11) is -4.61. The lowest BCUT2D eigenvalue weighted by atomic mass is 10.9. The largest absolute Gasteiger partial charge is 0.545 e. The Hall–Kier alpha value is -0.620. The summed E-state index contributed by atoms with van der Waals surface area (Å²) in [6.45, 7) is 0. The van der Waals surface area contributed by atoms with E-state index in [9.17, 15) is 4.57 Å². The molecular weight excluding hydrogens is 196 g/mol. The fourth-order valence-electron chi connectivity index (χ4n) is 0.369. The zero-order valence-electron chi connectivity index (χ0n) is 4.96. The maximum Gasteiger partial charge on any atom is 0.545 e. The van der Waals surface area contributed by atoms with Crippen LogP contribution in [0.25, 0.3) is 0 Å². The van der Waals surface area contributed by atoms with Crippen molar-refractivity contribution in [2.75, 3.05) is 0 Å². The Balaban J connectivity index is 2.80. The minimum absolute atomic E-state index is 0.117. The third kappa shape index (κ3) is 2.47. The first kappa shape index (κ1) is 8.48. The van der Waals surface area contributed by atoms with E-state index in [1.54, 1.807) is 0 Å². The van der Waals surface area contributed by atoms with Gasteiger partial charge in [0.15, 0.2) is 5.15 Å². The molecule has 0 saturated heterocycles. The van der Waals surface area contributed by atoms with Crippen molar-refractivity contribution in [3.63, 3.8) is 0 Å². The summed E-state index contributed by atoms with van der Waals surface area (Å²) in [4.78, 5) is 16.9. The van der Waals surface area contributed by atoms with Gasteiger partial charge in [0.05, 0.1) is 6.20 Å². The molecule has 0 aliphatic carbocycles. The lowest BCUT2D eigenvalue weighted by Gasteiger charge is -2.03. The van der Waals surface area contributed by atoms with Crippen molar-refractivity contribution in [1.29, 1.82) is 0 Å². The first-order valence-electron chi connectivity index (χ1n) is 2.31. The van der Waals surface area contributed by atoms with Crippen LogP contribution in [0.4, 0.5) is 0 Å². The van der Waals surface area contributed by atoms with Crippen LogP contribution in [0.3, 0.4) is 0 Å². The Morgan fingerprint density at radius 1 is 1.73 bits per heavy atom. The third-order valence-corrected chi connectivity index (χ3v) is 1.27. The van der Waals surface area contributed by atoms with E-state index in [1.165, 1.54) is 0 Å². The van der Waals surface area contributed by atoms with Gasteiger partial charge in [0.25, 0.3) is 0 Å². The standard InChI is InChI=1S/C2H3ClN3O4P/c3-2-1-4-5-6(2)10-11(7,8)9/h1H,(H2,7,8,9). The molecule has 0 aromatic carbocycles. The zero-order chi connectivity index (χ0) is 8.48. The Kier molecular flexibility index (Phi) is 2.15. The molecule has 0 radical (unpaired) electrons. The highest BCUT2D eigenvalue weighted by atomic mass is 35.5. The van der Waals surface area contributed by atoms with Gasteiger partial charge in [-0.25, -0.2) is 4.57 Å². The van der Waals surface area contributed by atoms with E-state index in [4.69, 9.17) is 21.4 Å². The summed E-state index contributed by atoms with van der Waals surface area (Å²) in [6, 6.07) is 0. The van der Waals surface area contributed by atoms with Crippen molar-refractivity contribution in [2.24, 2.45) is 0 Å². The van der Waals surface area contributed by atoms with Crippen molar-refractivity contribution in [3.8, 4) is 0 Å². The predicted octanol–water partition coefficient (Wildman–Crippen LogP) is -0.547. The van der Waals surface area contributed by atoms with Crippen LogP contribution >= 0.6 is 19.4 Å². The van der Waals surface area contributed by atoms with Crippen molar-refractivity contribution < 1.29 is 19.0 Å². The summed E-state index contributed by atoms with van der Waals surface area (Å²) in [5, 5.41) is 6.22. The molecule has 0 atom stereocenters. The first-order valence-corrected chi connectivity index (χ1v) is 4.22. The molecule has 1 rings (SSSR count). The predicted molar refractivity (Wildman–Crippen MR) is 33.7 cm³/mol. The molecular formula is C2H3ClN3O4P. The monoisotopic (exact) mass is 199 g/mol. The second-order valence-corrected chi connectivity index (χ2v) is 3.03. The fraction of sp³-hybridized carbons (Fsp3) is 0. The van der Waals surface area contributed by atoms with Gasteiger partial charge in [-0.1, -0.05) is 16.4 Å². The van der Waals surface area contributed by atoms with Crippen LogP contribution in [-0.4, -0.2) is 24.9 Å². The van der Waals surface area contributed by atoms with Gasteiger partial charge in [0.2, 0.25) is 0 Å². The first-order chi connectivity index (χ1) is 4.99. The molecule has 0 aliphatic rings. The van der Waals surface area contributed by atoms with Crippen LogP contribution in [0, 0.1) is 0 Å². The molecule has 0 spiro atoms. The lowest BCUT2D eigenvalue weighted by Crippen LogP contribution is -2.10. The van der Waals surface area contributed by atoms with Crippen molar-refractivity contribution in [1.82, 2.24) is 15.2 Å². The minimum Gasteiger partial charge on any atom is -0.292 e. The highest BCUT2D eigenvalue weighted by Crippen LogP contribution is 2.31. The summed E-state index contributed by atoms with van der Waals surface area (Å²) in [5.41, 5.74) is 0. The summed E-state index contributed by atoms with van der Waals surface area (Å²) in [6.07, 6.45) is 1.08. The number of phosphoric acid groups is 1. The van der Waals surface area contributed by atoms with E-state index >= 15 is 0 Å². The van der Waals surface area contributed by atoms with Gasteiger partial charge >= 0.3 is 7.82 Å². The Bertz CT molecular complexity index is 293. The molecule has 0 unspecified atom stereocenters. The van der Waals surface area contributed by atoms with E-state index in [1.807, 2.05) is 0 Å². The molecule has 7 nitrogen and oxygen atoms in total. The van der Waals surface area contributed by atoms with Gasteiger partial charge in [-0.2, -0.15) is 0 Å². The van der Waals surface area contributed by atoms with Crippen LogP contribution in [-0.2, 0) is 4.57 Å². The number of aromatic nitrogens is 3. The molecule has 0 saturated carbocycles. The second kappa shape index (κ2) is 2.78. The maximum absolute atomic E-state index is 10.2. The molecule has 0 aliphatic heterocycles. The van der Waals surface area contributed by atoms with Gasteiger partial charge in [0.1, 0.15) is 0 Å². The molecule has 2 N–H and O–H groups in total. The highest BCUT2D eigenvalue weighted by molar-refractivity contribution is 7.46. The number of rotatable bonds is 2. The number of hydrogen-bond acceptors (Lipinski definition) is 4. The number of hydrogen-bond donors (Lipinski definition) is 2. The molecule has 1 heterocycles. The van der Waals surface area contributed by atoms with E-state index < -0.39 is 7.82 Å². The van der Waals surface area contributed by atoms with E-state index in [0.717, 1.165) is 6.20 Å². The average Bonchev–Trinajstić information content (AvgIpc) is 2.12. The van der Waals surface area contributed by atoms with Crippen molar-refractivity contribution in [2.45, 2.75) is 0 Å². The molecule has 0 bridgehead atoms.